The summed E-state index contributed by atoms with van der Waals surface area (Å²) in [5.74, 6) is 1.94. The van der Waals surface area contributed by atoms with Crippen LogP contribution in [0.4, 0.5) is 4.39 Å². The number of amides is 1. The van der Waals surface area contributed by atoms with Crippen LogP contribution in [0.2, 0.25) is 0 Å². The van der Waals surface area contributed by atoms with Crippen molar-refractivity contribution in [3.8, 4) is 0 Å². The van der Waals surface area contributed by atoms with Gasteiger partial charge >= 0.3 is 0 Å². The lowest BCUT2D eigenvalue weighted by atomic mass is 10.3. The summed E-state index contributed by atoms with van der Waals surface area (Å²) in [6, 6.07) is 10.3. The van der Waals surface area contributed by atoms with Crippen LogP contribution in [0.15, 0.2) is 45.7 Å². The lowest BCUT2D eigenvalue weighted by molar-refractivity contribution is -0.130. The van der Waals surface area contributed by atoms with Gasteiger partial charge < -0.3 is 9.32 Å². The molecule has 0 aliphatic heterocycles. The maximum absolute atomic E-state index is 13.4. The minimum atomic E-state index is -0.241. The number of rotatable bonds is 6. The number of furan rings is 1. The first kappa shape index (κ1) is 15.6. The number of nitrogens with zero attached hydrogens (tertiary/aromatic N) is 1. The van der Waals surface area contributed by atoms with Crippen LogP contribution in [0.5, 0.6) is 0 Å². The Labute approximate surface area is 128 Å². The van der Waals surface area contributed by atoms with E-state index in [-0.39, 0.29) is 11.7 Å². The molecule has 0 atom stereocenters. The zero-order valence-electron chi connectivity index (χ0n) is 12.1. The van der Waals surface area contributed by atoms with E-state index < -0.39 is 0 Å². The van der Waals surface area contributed by atoms with Crippen molar-refractivity contribution in [1.29, 1.82) is 0 Å². The molecule has 0 unspecified atom stereocenters. The van der Waals surface area contributed by atoms with Crippen LogP contribution in [0, 0.1) is 12.7 Å². The second kappa shape index (κ2) is 7.31. The van der Waals surface area contributed by atoms with Gasteiger partial charge in [-0.3, -0.25) is 4.79 Å². The highest BCUT2D eigenvalue weighted by atomic mass is 32.2. The summed E-state index contributed by atoms with van der Waals surface area (Å²) in [6.07, 6.45) is 0.370. The Morgan fingerprint density at radius 1 is 1.29 bits per heavy atom. The first-order chi connectivity index (χ1) is 10.1. The number of hydrogen-bond donors (Lipinski definition) is 0. The van der Waals surface area contributed by atoms with E-state index in [0.29, 0.717) is 23.6 Å². The predicted molar refractivity (Wildman–Crippen MR) is 81.7 cm³/mol. The van der Waals surface area contributed by atoms with Gasteiger partial charge in [-0.2, -0.15) is 0 Å². The fraction of sp³-hybridized carbons (Fsp3) is 0.312. The lowest BCUT2D eigenvalue weighted by Crippen LogP contribution is -2.26. The Bertz CT molecular complexity index is 612. The van der Waals surface area contributed by atoms with E-state index in [4.69, 9.17) is 4.42 Å². The minimum absolute atomic E-state index is 0.0212. The summed E-state index contributed by atoms with van der Waals surface area (Å²) >= 11 is 1.36. The third kappa shape index (κ3) is 4.63. The number of carbonyl (C=O) groups is 1. The van der Waals surface area contributed by atoms with E-state index >= 15 is 0 Å². The van der Waals surface area contributed by atoms with Gasteiger partial charge in [-0.05, 0) is 31.2 Å². The standard InChI is InChI=1S/C16H18FNO2S/c1-12-7-8-13(20-12)11-18(2)16(19)9-10-21-15-6-4-3-5-14(15)17/h3-8H,9-11H2,1-2H3. The van der Waals surface area contributed by atoms with Crippen molar-refractivity contribution < 1.29 is 13.6 Å². The Kier molecular flexibility index (Phi) is 5.44. The topological polar surface area (TPSA) is 33.5 Å². The molecule has 0 fully saturated rings. The van der Waals surface area contributed by atoms with Crippen molar-refractivity contribution >= 4 is 17.7 Å². The molecule has 0 radical (unpaired) electrons. The summed E-state index contributed by atoms with van der Waals surface area (Å²) in [5.41, 5.74) is 0. The largest absolute Gasteiger partial charge is 0.464 e. The summed E-state index contributed by atoms with van der Waals surface area (Å²) in [7, 11) is 1.74. The first-order valence-electron chi connectivity index (χ1n) is 6.73. The quantitative estimate of drug-likeness (QED) is 0.760. The van der Waals surface area contributed by atoms with Crippen molar-refractivity contribution in [3.05, 3.63) is 53.7 Å². The third-order valence-corrected chi connectivity index (χ3v) is 4.08. The van der Waals surface area contributed by atoms with Gasteiger partial charge in [0.15, 0.2) is 0 Å². The molecule has 0 saturated heterocycles. The van der Waals surface area contributed by atoms with Gasteiger partial charge in [0.2, 0.25) is 5.91 Å². The van der Waals surface area contributed by atoms with E-state index in [1.807, 2.05) is 19.1 Å². The van der Waals surface area contributed by atoms with Crippen LogP contribution in [0.1, 0.15) is 17.9 Å². The Morgan fingerprint density at radius 2 is 2.05 bits per heavy atom. The summed E-state index contributed by atoms with van der Waals surface area (Å²) in [6.45, 7) is 2.33. The maximum Gasteiger partial charge on any atom is 0.223 e. The average molecular weight is 307 g/mol. The van der Waals surface area contributed by atoms with Crippen molar-refractivity contribution in [2.45, 2.75) is 24.8 Å². The molecule has 1 amide bonds. The van der Waals surface area contributed by atoms with Gasteiger partial charge in [0.05, 0.1) is 6.54 Å². The Hall–Kier alpha value is -1.75. The minimum Gasteiger partial charge on any atom is -0.464 e. The fourth-order valence-electron chi connectivity index (χ4n) is 1.89. The van der Waals surface area contributed by atoms with E-state index in [1.54, 1.807) is 30.1 Å². The summed E-state index contributed by atoms with van der Waals surface area (Å²) in [4.78, 5) is 14.2. The van der Waals surface area contributed by atoms with Gasteiger partial charge in [0, 0.05) is 24.1 Å². The van der Waals surface area contributed by atoms with Gasteiger partial charge in [0.25, 0.3) is 0 Å². The van der Waals surface area contributed by atoms with Gasteiger partial charge in [0.1, 0.15) is 17.3 Å². The molecular formula is C16H18FNO2S. The molecule has 0 aliphatic rings. The molecule has 2 rings (SSSR count). The van der Waals surface area contributed by atoms with E-state index in [2.05, 4.69) is 0 Å². The number of carbonyl (C=O) groups excluding carboxylic acids is 1. The van der Waals surface area contributed by atoms with Gasteiger partial charge in [-0.25, -0.2) is 4.39 Å². The molecule has 0 N–H and O–H groups in total. The average Bonchev–Trinajstić information content (AvgIpc) is 2.86. The van der Waals surface area contributed by atoms with Crippen LogP contribution < -0.4 is 0 Å². The monoisotopic (exact) mass is 307 g/mol. The predicted octanol–water partition coefficient (Wildman–Crippen LogP) is 3.87. The molecule has 21 heavy (non-hydrogen) atoms. The number of halogens is 1. The van der Waals surface area contributed by atoms with Crippen LogP contribution in [-0.4, -0.2) is 23.6 Å². The fourth-order valence-corrected chi connectivity index (χ4v) is 2.77. The molecule has 0 aliphatic carbocycles. The second-order valence-electron chi connectivity index (χ2n) is 4.79. The van der Waals surface area contributed by atoms with Crippen LogP contribution in [-0.2, 0) is 11.3 Å². The molecule has 5 heteroatoms. The molecule has 1 heterocycles. The number of thioether (sulfide) groups is 1. The SMILES string of the molecule is Cc1ccc(CN(C)C(=O)CCSc2ccccc2F)o1. The molecule has 2 aromatic rings. The van der Waals surface area contributed by atoms with Crippen LogP contribution in [0.25, 0.3) is 0 Å². The third-order valence-electron chi connectivity index (χ3n) is 3.02. The van der Waals surface area contributed by atoms with Crippen molar-refractivity contribution in [2.24, 2.45) is 0 Å². The maximum atomic E-state index is 13.4. The lowest BCUT2D eigenvalue weighted by Gasteiger charge is -2.15. The smallest absolute Gasteiger partial charge is 0.223 e. The van der Waals surface area contributed by atoms with Crippen molar-refractivity contribution in [2.75, 3.05) is 12.8 Å². The molecular weight excluding hydrogens is 289 g/mol. The second-order valence-corrected chi connectivity index (χ2v) is 5.93. The molecule has 112 valence electrons. The van der Waals surface area contributed by atoms with E-state index in [1.165, 1.54) is 17.8 Å². The van der Waals surface area contributed by atoms with Gasteiger partial charge in [-0.15, -0.1) is 11.8 Å². The summed E-state index contributed by atoms with van der Waals surface area (Å²) < 4.78 is 18.9. The van der Waals surface area contributed by atoms with E-state index in [9.17, 15) is 9.18 Å². The van der Waals surface area contributed by atoms with Crippen molar-refractivity contribution in [3.63, 3.8) is 0 Å². The molecule has 1 aromatic carbocycles. The highest BCUT2D eigenvalue weighted by Gasteiger charge is 2.11. The zero-order valence-corrected chi connectivity index (χ0v) is 13.0. The normalized spacial score (nSPS) is 10.6. The number of hydrogen-bond acceptors (Lipinski definition) is 3. The summed E-state index contributed by atoms with van der Waals surface area (Å²) in [5, 5.41) is 0. The Morgan fingerprint density at radius 3 is 2.71 bits per heavy atom. The van der Waals surface area contributed by atoms with Crippen LogP contribution >= 0.6 is 11.8 Å². The highest BCUT2D eigenvalue weighted by molar-refractivity contribution is 7.99. The highest BCUT2D eigenvalue weighted by Crippen LogP contribution is 2.22. The first-order valence-corrected chi connectivity index (χ1v) is 7.71. The van der Waals surface area contributed by atoms with E-state index in [0.717, 1.165) is 11.5 Å². The molecule has 0 saturated carbocycles. The van der Waals surface area contributed by atoms with Crippen LogP contribution in [0.3, 0.4) is 0 Å². The van der Waals surface area contributed by atoms with Crippen molar-refractivity contribution in [1.82, 2.24) is 4.90 Å². The van der Waals surface area contributed by atoms with Gasteiger partial charge in [-0.1, -0.05) is 12.1 Å². The molecule has 3 nitrogen and oxygen atoms in total. The zero-order chi connectivity index (χ0) is 15.2. The number of benzene rings is 1. The number of aryl methyl sites for hydroxylation is 1. The molecule has 0 bridgehead atoms. The Balaban J connectivity index is 1.77. The molecule has 0 spiro atoms. The molecule has 1 aromatic heterocycles.